The van der Waals surface area contributed by atoms with Crippen LogP contribution in [0.25, 0.3) is 0 Å². The van der Waals surface area contributed by atoms with Crippen molar-refractivity contribution in [3.63, 3.8) is 0 Å². The average molecular weight is 377 g/mol. The monoisotopic (exact) mass is 376 g/mol. The Morgan fingerprint density at radius 3 is 2.71 bits per heavy atom. The van der Waals surface area contributed by atoms with Crippen LogP contribution in [0.3, 0.4) is 0 Å². The number of rotatable bonds is 5. The third-order valence-electron chi connectivity index (χ3n) is 3.48. The Morgan fingerprint density at radius 2 is 2.00 bits per heavy atom. The van der Waals surface area contributed by atoms with E-state index in [1.165, 1.54) is 0 Å². The van der Waals surface area contributed by atoms with Gasteiger partial charge >= 0.3 is 0 Å². The second-order valence-electron chi connectivity index (χ2n) is 5.24. The maximum Gasteiger partial charge on any atom is 0.256 e. The molecule has 3 aromatic rings. The molecule has 0 bridgehead atoms. The Kier molecular flexibility index (Phi) is 5.51. The summed E-state index contributed by atoms with van der Waals surface area (Å²) in [6.45, 7) is 0.889. The van der Waals surface area contributed by atoms with Gasteiger partial charge in [-0.3, -0.25) is 9.78 Å². The molecule has 0 unspecified atom stereocenters. The Morgan fingerprint density at radius 1 is 1.12 bits per heavy atom. The molecule has 0 saturated carbocycles. The van der Waals surface area contributed by atoms with Crippen LogP contribution in [0.4, 0.5) is 0 Å². The van der Waals surface area contributed by atoms with Crippen LogP contribution in [0, 0.1) is 0 Å². The lowest BCUT2D eigenvalue weighted by Gasteiger charge is -2.22. The Bertz CT molecular complexity index is 822. The van der Waals surface area contributed by atoms with Crippen molar-refractivity contribution in [2.45, 2.75) is 13.1 Å². The first-order valence-electron chi connectivity index (χ1n) is 7.29. The van der Waals surface area contributed by atoms with Gasteiger partial charge in [-0.15, -0.1) is 0 Å². The first kappa shape index (κ1) is 17.0. The summed E-state index contributed by atoms with van der Waals surface area (Å²) in [6.07, 6.45) is 1.72. The van der Waals surface area contributed by atoms with Crippen molar-refractivity contribution in [1.29, 1.82) is 0 Å². The number of halogens is 2. The van der Waals surface area contributed by atoms with Crippen molar-refractivity contribution in [2.75, 3.05) is 0 Å². The lowest BCUT2D eigenvalue weighted by molar-refractivity contribution is 0.0728. The van der Waals surface area contributed by atoms with Gasteiger partial charge in [0.1, 0.15) is 0 Å². The highest BCUT2D eigenvalue weighted by molar-refractivity contribution is 7.07. The van der Waals surface area contributed by atoms with Gasteiger partial charge in [0, 0.05) is 17.8 Å². The van der Waals surface area contributed by atoms with Crippen LogP contribution in [-0.4, -0.2) is 15.8 Å². The van der Waals surface area contributed by atoms with Crippen molar-refractivity contribution < 1.29 is 4.79 Å². The van der Waals surface area contributed by atoms with E-state index in [2.05, 4.69) is 4.98 Å². The van der Waals surface area contributed by atoms with E-state index in [1.807, 2.05) is 35.0 Å². The van der Waals surface area contributed by atoms with E-state index < -0.39 is 0 Å². The first-order valence-corrected chi connectivity index (χ1v) is 8.98. The second kappa shape index (κ2) is 7.79. The van der Waals surface area contributed by atoms with E-state index in [1.54, 1.807) is 40.6 Å². The molecular formula is C18H14Cl2N2OS. The highest BCUT2D eigenvalue weighted by atomic mass is 35.5. The van der Waals surface area contributed by atoms with Gasteiger partial charge < -0.3 is 4.90 Å². The number of nitrogens with zero attached hydrogens (tertiary/aromatic N) is 2. The summed E-state index contributed by atoms with van der Waals surface area (Å²) < 4.78 is 0. The third kappa shape index (κ3) is 4.15. The van der Waals surface area contributed by atoms with Gasteiger partial charge in [0.15, 0.2) is 0 Å². The zero-order chi connectivity index (χ0) is 16.9. The lowest BCUT2D eigenvalue weighted by Crippen LogP contribution is -2.30. The van der Waals surface area contributed by atoms with Gasteiger partial charge in [-0.1, -0.05) is 29.3 Å². The van der Waals surface area contributed by atoms with E-state index in [0.717, 1.165) is 11.3 Å². The molecule has 6 heteroatoms. The van der Waals surface area contributed by atoms with E-state index in [-0.39, 0.29) is 5.91 Å². The van der Waals surface area contributed by atoms with Gasteiger partial charge in [0.05, 0.1) is 22.8 Å². The number of carbonyl (C=O) groups is 1. The molecule has 0 atom stereocenters. The molecule has 3 nitrogen and oxygen atoms in total. The molecular weight excluding hydrogens is 363 g/mol. The fourth-order valence-corrected chi connectivity index (χ4v) is 3.35. The summed E-state index contributed by atoms with van der Waals surface area (Å²) in [6, 6.07) is 12.6. The predicted molar refractivity (Wildman–Crippen MR) is 98.6 cm³/mol. The molecule has 0 spiro atoms. The van der Waals surface area contributed by atoms with E-state index in [0.29, 0.717) is 28.7 Å². The summed E-state index contributed by atoms with van der Waals surface area (Å²) in [5.41, 5.74) is 2.29. The average Bonchev–Trinajstić information content (AvgIpc) is 3.10. The predicted octanol–water partition coefficient (Wildman–Crippen LogP) is 5.29. The minimum atomic E-state index is -0.167. The molecule has 0 aliphatic carbocycles. The minimum absolute atomic E-state index is 0.167. The van der Waals surface area contributed by atoms with Crippen molar-refractivity contribution in [3.8, 4) is 0 Å². The number of amides is 1. The van der Waals surface area contributed by atoms with Crippen LogP contribution in [-0.2, 0) is 13.1 Å². The maximum atomic E-state index is 13.0. The maximum absolute atomic E-state index is 13.0. The molecule has 1 amide bonds. The van der Waals surface area contributed by atoms with Crippen molar-refractivity contribution in [1.82, 2.24) is 9.88 Å². The van der Waals surface area contributed by atoms with Crippen LogP contribution < -0.4 is 0 Å². The summed E-state index contributed by atoms with van der Waals surface area (Å²) in [4.78, 5) is 19.0. The fourth-order valence-electron chi connectivity index (χ4n) is 2.32. The zero-order valence-corrected chi connectivity index (χ0v) is 15.0. The zero-order valence-electron chi connectivity index (χ0n) is 12.7. The summed E-state index contributed by atoms with van der Waals surface area (Å²) >= 11 is 13.8. The smallest absolute Gasteiger partial charge is 0.256 e. The summed E-state index contributed by atoms with van der Waals surface area (Å²) in [5, 5.41) is 4.89. The number of aromatic nitrogens is 1. The molecule has 2 aromatic heterocycles. The molecule has 0 radical (unpaired) electrons. The molecule has 0 saturated heterocycles. The largest absolute Gasteiger partial charge is 0.328 e. The molecule has 0 N–H and O–H groups in total. The Labute approximate surface area is 154 Å². The number of hydrogen-bond donors (Lipinski definition) is 0. The fraction of sp³-hybridized carbons (Fsp3) is 0.111. The molecule has 0 aliphatic heterocycles. The van der Waals surface area contributed by atoms with Gasteiger partial charge in [-0.25, -0.2) is 0 Å². The van der Waals surface area contributed by atoms with Gasteiger partial charge in [0.25, 0.3) is 5.91 Å². The first-order chi connectivity index (χ1) is 11.6. The van der Waals surface area contributed by atoms with Crippen LogP contribution in [0.5, 0.6) is 0 Å². The standard InChI is InChI=1S/C18H14Cl2N2OS/c19-14-4-5-17(20)16(9-14)18(23)22(10-13-6-8-24-12-13)11-15-3-1-2-7-21-15/h1-9,12H,10-11H2. The number of pyridine rings is 1. The quantitative estimate of drug-likeness (QED) is 0.605. The number of hydrogen-bond acceptors (Lipinski definition) is 3. The van der Waals surface area contributed by atoms with Gasteiger partial charge in [-0.2, -0.15) is 11.3 Å². The molecule has 1 aromatic carbocycles. The summed E-state index contributed by atoms with van der Waals surface area (Å²) in [7, 11) is 0. The topological polar surface area (TPSA) is 33.2 Å². The van der Waals surface area contributed by atoms with Gasteiger partial charge in [-0.05, 0) is 52.7 Å². The number of thiophene rings is 1. The number of benzene rings is 1. The van der Waals surface area contributed by atoms with Crippen molar-refractivity contribution in [2.24, 2.45) is 0 Å². The van der Waals surface area contributed by atoms with Gasteiger partial charge in [0.2, 0.25) is 0 Å². The van der Waals surface area contributed by atoms with Crippen molar-refractivity contribution in [3.05, 3.63) is 86.3 Å². The van der Waals surface area contributed by atoms with Crippen molar-refractivity contribution >= 4 is 40.4 Å². The Hall–Kier alpha value is -1.88. The SMILES string of the molecule is O=C(c1cc(Cl)ccc1Cl)N(Cc1ccsc1)Cc1ccccn1. The molecule has 0 aliphatic rings. The molecule has 2 heterocycles. The minimum Gasteiger partial charge on any atom is -0.328 e. The second-order valence-corrected chi connectivity index (χ2v) is 6.86. The molecule has 122 valence electrons. The molecule has 3 rings (SSSR count). The van der Waals surface area contributed by atoms with E-state index in [4.69, 9.17) is 23.2 Å². The molecule has 24 heavy (non-hydrogen) atoms. The van der Waals surface area contributed by atoms with Crippen LogP contribution in [0.1, 0.15) is 21.6 Å². The summed E-state index contributed by atoms with van der Waals surface area (Å²) in [5.74, 6) is -0.167. The number of carbonyl (C=O) groups excluding carboxylic acids is 1. The third-order valence-corrected chi connectivity index (χ3v) is 4.78. The van der Waals surface area contributed by atoms with Crippen LogP contribution >= 0.6 is 34.5 Å². The normalized spacial score (nSPS) is 10.6. The van der Waals surface area contributed by atoms with Crippen LogP contribution in [0.15, 0.2) is 59.4 Å². The highest BCUT2D eigenvalue weighted by Crippen LogP contribution is 2.24. The highest BCUT2D eigenvalue weighted by Gasteiger charge is 2.20. The van der Waals surface area contributed by atoms with Crippen LogP contribution in [0.2, 0.25) is 10.0 Å². The van der Waals surface area contributed by atoms with E-state index in [9.17, 15) is 4.79 Å². The molecule has 0 fully saturated rings. The van der Waals surface area contributed by atoms with E-state index >= 15 is 0 Å². The Balaban J connectivity index is 1.90. The lowest BCUT2D eigenvalue weighted by atomic mass is 10.1.